The lowest BCUT2D eigenvalue weighted by Crippen LogP contribution is -2.19. The van der Waals surface area contributed by atoms with Gasteiger partial charge in [0.2, 0.25) is 0 Å². The molecule has 1 aromatic heterocycles. The molecule has 4 nitrogen and oxygen atoms in total. The van der Waals surface area contributed by atoms with Crippen molar-refractivity contribution in [1.29, 1.82) is 0 Å². The summed E-state index contributed by atoms with van der Waals surface area (Å²) in [5.41, 5.74) is 2.07. The predicted molar refractivity (Wildman–Crippen MR) is 89.6 cm³/mol. The Morgan fingerprint density at radius 2 is 1.57 bits per heavy atom. The second-order valence-electron chi connectivity index (χ2n) is 4.93. The summed E-state index contributed by atoms with van der Waals surface area (Å²) in [6, 6.07) is 22.6. The molecule has 0 fully saturated rings. The molecule has 0 atom stereocenters. The molecular weight excluding hydrogens is 288 g/mol. The zero-order valence-corrected chi connectivity index (χ0v) is 12.7. The Balaban J connectivity index is 1.81. The van der Waals surface area contributed by atoms with Crippen LogP contribution in [0.2, 0.25) is 0 Å². The van der Waals surface area contributed by atoms with Gasteiger partial charge in [0.05, 0.1) is 5.69 Å². The van der Waals surface area contributed by atoms with Crippen LogP contribution in [0.15, 0.2) is 72.8 Å². The van der Waals surface area contributed by atoms with Gasteiger partial charge in [0.1, 0.15) is 17.2 Å². The third kappa shape index (κ3) is 3.55. The molecule has 1 amide bonds. The number of nitrogens with one attached hydrogen (secondary N) is 1. The molecule has 0 aliphatic heterocycles. The molecule has 1 heterocycles. The van der Waals surface area contributed by atoms with E-state index in [2.05, 4.69) is 10.3 Å². The number of benzene rings is 2. The average Bonchev–Trinajstić information content (AvgIpc) is 2.62. The van der Waals surface area contributed by atoms with Crippen LogP contribution in [0.25, 0.3) is 11.3 Å². The molecule has 0 saturated carbocycles. The fourth-order valence-corrected chi connectivity index (χ4v) is 2.17. The van der Waals surface area contributed by atoms with E-state index in [1.807, 2.05) is 66.7 Å². The normalized spacial score (nSPS) is 10.1. The molecule has 3 aromatic rings. The number of hydrogen-bond donors (Lipinski definition) is 1. The van der Waals surface area contributed by atoms with E-state index in [1.54, 1.807) is 13.1 Å². The third-order valence-corrected chi connectivity index (χ3v) is 3.34. The van der Waals surface area contributed by atoms with E-state index >= 15 is 0 Å². The summed E-state index contributed by atoms with van der Waals surface area (Å²) in [4.78, 5) is 16.0. The molecule has 0 aliphatic carbocycles. The first-order valence-corrected chi connectivity index (χ1v) is 7.29. The van der Waals surface area contributed by atoms with Crippen LogP contribution in [0, 0.1) is 0 Å². The van der Waals surface area contributed by atoms with Crippen molar-refractivity contribution in [3.63, 3.8) is 0 Å². The quantitative estimate of drug-likeness (QED) is 0.795. The number of carbonyl (C=O) groups excluding carboxylic acids is 1. The fraction of sp³-hybridized carbons (Fsp3) is 0.0526. The van der Waals surface area contributed by atoms with E-state index in [1.165, 1.54) is 0 Å². The Bertz CT molecular complexity index is 799. The van der Waals surface area contributed by atoms with Crippen molar-refractivity contribution in [1.82, 2.24) is 10.3 Å². The van der Waals surface area contributed by atoms with Crippen molar-refractivity contribution in [2.24, 2.45) is 0 Å². The first kappa shape index (κ1) is 14.8. The summed E-state index contributed by atoms with van der Waals surface area (Å²) in [7, 11) is 1.59. The van der Waals surface area contributed by atoms with Gasteiger partial charge in [-0.3, -0.25) is 4.79 Å². The minimum atomic E-state index is -0.198. The van der Waals surface area contributed by atoms with E-state index in [-0.39, 0.29) is 5.91 Å². The number of hydrogen-bond acceptors (Lipinski definition) is 3. The number of amides is 1. The van der Waals surface area contributed by atoms with E-state index in [4.69, 9.17) is 4.74 Å². The van der Waals surface area contributed by atoms with Gasteiger partial charge >= 0.3 is 0 Å². The number of para-hydroxylation sites is 1. The number of ether oxygens (including phenoxy) is 1. The Hall–Kier alpha value is -3.14. The van der Waals surface area contributed by atoms with Gasteiger partial charge in [-0.1, -0.05) is 24.3 Å². The maximum Gasteiger partial charge on any atom is 0.269 e. The monoisotopic (exact) mass is 304 g/mol. The molecule has 0 spiro atoms. The number of aromatic nitrogens is 1. The Morgan fingerprint density at radius 1 is 0.870 bits per heavy atom. The van der Waals surface area contributed by atoms with Gasteiger partial charge in [-0.2, -0.15) is 0 Å². The summed E-state index contributed by atoms with van der Waals surface area (Å²) in [6.07, 6.45) is 0. The van der Waals surface area contributed by atoms with Crippen molar-refractivity contribution in [3.8, 4) is 22.8 Å². The number of carbonyl (C=O) groups is 1. The average molecular weight is 304 g/mol. The molecule has 2 aromatic carbocycles. The van der Waals surface area contributed by atoms with Crippen molar-refractivity contribution < 1.29 is 9.53 Å². The lowest BCUT2D eigenvalue weighted by atomic mass is 10.1. The Kier molecular flexibility index (Phi) is 4.34. The molecule has 4 heteroatoms. The summed E-state index contributed by atoms with van der Waals surface area (Å²) in [5, 5.41) is 2.57. The lowest BCUT2D eigenvalue weighted by molar-refractivity contribution is 0.0958. The van der Waals surface area contributed by atoms with Crippen molar-refractivity contribution in [2.45, 2.75) is 0 Å². The highest BCUT2D eigenvalue weighted by molar-refractivity contribution is 5.92. The Labute approximate surface area is 134 Å². The van der Waals surface area contributed by atoms with Gasteiger partial charge in [0.15, 0.2) is 0 Å². The van der Waals surface area contributed by atoms with E-state index < -0.39 is 0 Å². The van der Waals surface area contributed by atoms with Gasteiger partial charge in [0.25, 0.3) is 5.91 Å². The van der Waals surface area contributed by atoms with Crippen LogP contribution < -0.4 is 10.1 Å². The summed E-state index contributed by atoms with van der Waals surface area (Å²) < 4.78 is 5.76. The largest absolute Gasteiger partial charge is 0.457 e. The van der Waals surface area contributed by atoms with Gasteiger partial charge in [0, 0.05) is 12.6 Å². The molecule has 0 bridgehead atoms. The van der Waals surface area contributed by atoms with Crippen molar-refractivity contribution in [2.75, 3.05) is 7.05 Å². The Morgan fingerprint density at radius 3 is 2.26 bits per heavy atom. The highest BCUT2D eigenvalue weighted by atomic mass is 16.5. The lowest BCUT2D eigenvalue weighted by Gasteiger charge is -2.07. The third-order valence-electron chi connectivity index (χ3n) is 3.34. The zero-order chi connectivity index (χ0) is 16.1. The summed E-state index contributed by atoms with van der Waals surface area (Å²) >= 11 is 0. The number of rotatable bonds is 4. The zero-order valence-electron chi connectivity index (χ0n) is 12.7. The first-order valence-electron chi connectivity index (χ1n) is 7.29. The SMILES string of the molecule is CNC(=O)c1cccc(-c2ccc(Oc3ccccc3)cc2)n1. The first-order chi connectivity index (χ1) is 11.3. The fourth-order valence-electron chi connectivity index (χ4n) is 2.17. The van der Waals surface area contributed by atoms with Crippen LogP contribution >= 0.6 is 0 Å². The molecular formula is C19H16N2O2. The summed E-state index contributed by atoms with van der Waals surface area (Å²) in [6.45, 7) is 0. The molecule has 0 radical (unpaired) electrons. The highest BCUT2D eigenvalue weighted by Crippen LogP contribution is 2.24. The molecule has 3 rings (SSSR count). The molecule has 0 saturated heterocycles. The van der Waals surface area contributed by atoms with E-state index in [0.29, 0.717) is 5.69 Å². The standard InChI is InChI=1S/C19H16N2O2/c1-20-19(22)18-9-5-8-17(21-18)14-10-12-16(13-11-14)23-15-6-3-2-4-7-15/h2-13H,1H3,(H,20,22). The second kappa shape index (κ2) is 6.75. The molecule has 114 valence electrons. The summed E-state index contributed by atoms with van der Waals surface area (Å²) in [5.74, 6) is 1.35. The highest BCUT2D eigenvalue weighted by Gasteiger charge is 2.07. The van der Waals surface area contributed by atoms with Crippen LogP contribution in [0.1, 0.15) is 10.5 Å². The predicted octanol–water partition coefficient (Wildman–Crippen LogP) is 3.90. The van der Waals surface area contributed by atoms with E-state index in [9.17, 15) is 4.79 Å². The van der Waals surface area contributed by atoms with E-state index in [0.717, 1.165) is 22.8 Å². The van der Waals surface area contributed by atoms with Crippen LogP contribution in [0.4, 0.5) is 0 Å². The second-order valence-corrected chi connectivity index (χ2v) is 4.93. The molecule has 23 heavy (non-hydrogen) atoms. The van der Waals surface area contributed by atoms with Gasteiger partial charge in [-0.25, -0.2) is 4.98 Å². The maximum absolute atomic E-state index is 11.7. The maximum atomic E-state index is 11.7. The van der Waals surface area contributed by atoms with Crippen molar-refractivity contribution >= 4 is 5.91 Å². The van der Waals surface area contributed by atoms with Crippen LogP contribution in [-0.4, -0.2) is 17.9 Å². The van der Waals surface area contributed by atoms with Crippen LogP contribution in [0.3, 0.4) is 0 Å². The molecule has 1 N–H and O–H groups in total. The van der Waals surface area contributed by atoms with Gasteiger partial charge in [-0.15, -0.1) is 0 Å². The number of nitrogens with zero attached hydrogens (tertiary/aromatic N) is 1. The van der Waals surface area contributed by atoms with Crippen LogP contribution in [-0.2, 0) is 0 Å². The smallest absolute Gasteiger partial charge is 0.269 e. The minimum Gasteiger partial charge on any atom is -0.457 e. The topological polar surface area (TPSA) is 51.2 Å². The molecule has 0 aliphatic rings. The molecule has 0 unspecified atom stereocenters. The van der Waals surface area contributed by atoms with Gasteiger partial charge < -0.3 is 10.1 Å². The van der Waals surface area contributed by atoms with Gasteiger partial charge in [-0.05, 0) is 48.5 Å². The van der Waals surface area contributed by atoms with Crippen LogP contribution in [0.5, 0.6) is 11.5 Å². The van der Waals surface area contributed by atoms with Crippen molar-refractivity contribution in [3.05, 3.63) is 78.5 Å². The number of pyridine rings is 1. The minimum absolute atomic E-state index is 0.198.